The minimum Gasteiger partial charge on any atom is -0.384 e. The number of alkyl halides is 3. The van der Waals surface area contributed by atoms with Gasteiger partial charge in [-0.2, -0.15) is 13.2 Å². The highest BCUT2D eigenvalue weighted by atomic mass is 32.2. The van der Waals surface area contributed by atoms with Gasteiger partial charge in [0.25, 0.3) is 0 Å². The largest absolute Gasteiger partial charge is 0.416 e. The normalized spacial score (nSPS) is 11.6. The van der Waals surface area contributed by atoms with E-state index in [1.165, 1.54) is 11.8 Å². The highest BCUT2D eigenvalue weighted by Crippen LogP contribution is 2.35. The van der Waals surface area contributed by atoms with Crippen LogP contribution < -0.4 is 5.73 Å². The Labute approximate surface area is 112 Å². The lowest BCUT2D eigenvalue weighted by molar-refractivity contribution is -0.137. The van der Waals surface area contributed by atoms with Gasteiger partial charge < -0.3 is 5.73 Å². The lowest BCUT2D eigenvalue weighted by Gasteiger charge is -2.10. The van der Waals surface area contributed by atoms with Crippen LogP contribution >= 0.6 is 11.8 Å². The molecule has 2 rings (SSSR count). The average Bonchev–Trinajstić information content (AvgIpc) is 2.30. The van der Waals surface area contributed by atoms with Crippen LogP contribution in [0.15, 0.2) is 46.3 Å². The number of anilines is 1. The Bertz CT molecular complexity index is 597. The molecule has 2 N–H and O–H groups in total. The molecule has 1 aromatic carbocycles. The summed E-state index contributed by atoms with van der Waals surface area (Å²) in [6.07, 6.45) is -4.42. The van der Waals surface area contributed by atoms with E-state index >= 15 is 0 Å². The molecule has 0 spiro atoms. The van der Waals surface area contributed by atoms with Crippen molar-refractivity contribution in [3.63, 3.8) is 0 Å². The first kappa shape index (κ1) is 13.7. The molecule has 6 heteroatoms. The molecule has 0 amide bonds. The molecule has 1 aromatic heterocycles. The molecule has 0 bridgehead atoms. The second-order valence-corrected chi connectivity index (χ2v) is 5.05. The predicted octanol–water partition coefficient (Wildman–Crippen LogP) is 4.14. The fourth-order valence-electron chi connectivity index (χ4n) is 1.53. The molecule has 0 aliphatic rings. The van der Waals surface area contributed by atoms with Crippen molar-refractivity contribution in [2.24, 2.45) is 0 Å². The van der Waals surface area contributed by atoms with Crippen molar-refractivity contribution in [3.05, 3.63) is 47.5 Å². The summed E-state index contributed by atoms with van der Waals surface area (Å²) in [6.45, 7) is 1.89. The van der Waals surface area contributed by atoms with Crippen LogP contribution in [0.5, 0.6) is 0 Å². The third kappa shape index (κ3) is 3.41. The maximum atomic E-state index is 12.7. The minimum absolute atomic E-state index is 0.133. The van der Waals surface area contributed by atoms with Gasteiger partial charge in [0, 0.05) is 4.90 Å². The van der Waals surface area contributed by atoms with Gasteiger partial charge in [0.15, 0.2) is 0 Å². The molecular weight excluding hydrogens is 273 g/mol. The average molecular weight is 284 g/mol. The van der Waals surface area contributed by atoms with E-state index in [1.54, 1.807) is 0 Å². The molecule has 0 fully saturated rings. The van der Waals surface area contributed by atoms with Crippen LogP contribution in [-0.4, -0.2) is 4.98 Å². The first-order chi connectivity index (χ1) is 8.86. The number of nitrogens with two attached hydrogens (primary N) is 1. The zero-order valence-electron chi connectivity index (χ0n) is 10.0. The summed E-state index contributed by atoms with van der Waals surface area (Å²) in [5.41, 5.74) is 5.62. The minimum atomic E-state index is -4.42. The predicted molar refractivity (Wildman–Crippen MR) is 69.0 cm³/mol. The molecule has 2 aromatic rings. The van der Waals surface area contributed by atoms with Crippen molar-refractivity contribution in [1.82, 2.24) is 4.98 Å². The fourth-order valence-corrected chi connectivity index (χ4v) is 2.46. The number of benzene rings is 1. The van der Waals surface area contributed by atoms with E-state index in [9.17, 15) is 13.2 Å². The van der Waals surface area contributed by atoms with Gasteiger partial charge in [-0.05, 0) is 30.7 Å². The van der Waals surface area contributed by atoms with Gasteiger partial charge in [0.1, 0.15) is 10.8 Å². The Morgan fingerprint density at radius 3 is 2.47 bits per heavy atom. The van der Waals surface area contributed by atoms with Gasteiger partial charge in [0.05, 0.1) is 5.56 Å². The molecule has 0 radical (unpaired) electrons. The standard InChI is InChI=1S/C13H11F3N2S/c1-8-4-2-3-5-10(8)19-12-7-9(13(14,15)16)6-11(17)18-12/h2-7H,1H3,(H2,17,18). The Morgan fingerprint density at radius 1 is 1.16 bits per heavy atom. The van der Waals surface area contributed by atoms with E-state index in [1.807, 2.05) is 31.2 Å². The molecule has 19 heavy (non-hydrogen) atoms. The summed E-state index contributed by atoms with van der Waals surface area (Å²) in [4.78, 5) is 4.78. The fraction of sp³-hybridized carbons (Fsp3) is 0.154. The van der Waals surface area contributed by atoms with Crippen LogP contribution in [0.25, 0.3) is 0 Å². The van der Waals surface area contributed by atoms with Gasteiger partial charge >= 0.3 is 6.18 Å². The highest BCUT2D eigenvalue weighted by molar-refractivity contribution is 7.99. The summed E-state index contributed by atoms with van der Waals surface area (Å²) in [5.74, 6) is -0.133. The molecule has 0 atom stereocenters. The van der Waals surface area contributed by atoms with Crippen molar-refractivity contribution < 1.29 is 13.2 Å². The van der Waals surface area contributed by atoms with Crippen LogP contribution in [-0.2, 0) is 6.18 Å². The summed E-state index contributed by atoms with van der Waals surface area (Å²) >= 11 is 1.17. The van der Waals surface area contributed by atoms with Crippen molar-refractivity contribution in [3.8, 4) is 0 Å². The van der Waals surface area contributed by atoms with Crippen molar-refractivity contribution in [2.75, 3.05) is 5.73 Å². The van der Waals surface area contributed by atoms with E-state index < -0.39 is 11.7 Å². The van der Waals surface area contributed by atoms with Crippen molar-refractivity contribution in [2.45, 2.75) is 23.0 Å². The maximum absolute atomic E-state index is 12.7. The second-order valence-electron chi connectivity index (χ2n) is 3.98. The molecule has 0 saturated carbocycles. The topological polar surface area (TPSA) is 38.9 Å². The molecular formula is C13H11F3N2S. The first-order valence-corrected chi connectivity index (χ1v) is 6.26. The number of halogens is 3. The zero-order chi connectivity index (χ0) is 14.0. The third-order valence-electron chi connectivity index (χ3n) is 2.46. The number of aryl methyl sites for hydroxylation is 1. The van der Waals surface area contributed by atoms with Crippen LogP contribution in [0.4, 0.5) is 19.0 Å². The van der Waals surface area contributed by atoms with Crippen molar-refractivity contribution in [1.29, 1.82) is 0 Å². The monoisotopic (exact) mass is 284 g/mol. The Kier molecular flexibility index (Phi) is 3.71. The Balaban J connectivity index is 2.36. The van der Waals surface area contributed by atoms with Gasteiger partial charge in [-0.25, -0.2) is 4.98 Å². The summed E-state index contributed by atoms with van der Waals surface area (Å²) < 4.78 is 38.0. The van der Waals surface area contributed by atoms with E-state index in [0.29, 0.717) is 0 Å². The van der Waals surface area contributed by atoms with E-state index in [0.717, 1.165) is 22.6 Å². The third-order valence-corrected chi connectivity index (χ3v) is 3.55. The van der Waals surface area contributed by atoms with Gasteiger partial charge in [-0.1, -0.05) is 30.0 Å². The second kappa shape index (κ2) is 5.13. The Morgan fingerprint density at radius 2 is 1.84 bits per heavy atom. The van der Waals surface area contributed by atoms with E-state index in [2.05, 4.69) is 4.98 Å². The van der Waals surface area contributed by atoms with Crippen LogP contribution in [0.1, 0.15) is 11.1 Å². The number of rotatable bonds is 2. The quantitative estimate of drug-likeness (QED) is 0.900. The number of hydrogen-bond acceptors (Lipinski definition) is 3. The number of aromatic nitrogens is 1. The van der Waals surface area contributed by atoms with E-state index in [4.69, 9.17) is 5.73 Å². The summed E-state index contributed by atoms with van der Waals surface area (Å²) in [6, 6.07) is 9.26. The lowest BCUT2D eigenvalue weighted by atomic mass is 10.2. The first-order valence-electron chi connectivity index (χ1n) is 5.44. The van der Waals surface area contributed by atoms with Crippen LogP contribution in [0.2, 0.25) is 0 Å². The van der Waals surface area contributed by atoms with Crippen LogP contribution in [0.3, 0.4) is 0 Å². The zero-order valence-corrected chi connectivity index (χ0v) is 10.8. The molecule has 100 valence electrons. The smallest absolute Gasteiger partial charge is 0.384 e. The highest BCUT2D eigenvalue weighted by Gasteiger charge is 2.31. The molecule has 0 saturated heterocycles. The van der Waals surface area contributed by atoms with Gasteiger partial charge in [-0.15, -0.1) is 0 Å². The SMILES string of the molecule is Cc1ccccc1Sc1cc(C(F)(F)F)cc(N)n1. The Hall–Kier alpha value is -1.69. The lowest BCUT2D eigenvalue weighted by Crippen LogP contribution is -2.07. The summed E-state index contributed by atoms with van der Waals surface area (Å²) in [5, 5.41) is 0.238. The van der Waals surface area contributed by atoms with E-state index in [-0.39, 0.29) is 10.8 Å². The molecule has 0 aliphatic heterocycles. The maximum Gasteiger partial charge on any atom is 0.416 e. The number of hydrogen-bond donors (Lipinski definition) is 1. The molecule has 0 unspecified atom stereocenters. The van der Waals surface area contributed by atoms with Gasteiger partial charge in [-0.3, -0.25) is 0 Å². The van der Waals surface area contributed by atoms with Crippen LogP contribution in [0, 0.1) is 6.92 Å². The number of nitrogen functional groups attached to an aromatic ring is 1. The number of pyridine rings is 1. The summed E-state index contributed by atoms with van der Waals surface area (Å²) in [7, 11) is 0. The molecule has 1 heterocycles. The van der Waals surface area contributed by atoms with Crippen molar-refractivity contribution >= 4 is 17.6 Å². The molecule has 2 nitrogen and oxygen atoms in total. The van der Waals surface area contributed by atoms with Gasteiger partial charge in [0.2, 0.25) is 0 Å². The molecule has 0 aliphatic carbocycles. The number of nitrogens with zero attached hydrogens (tertiary/aromatic N) is 1.